The second kappa shape index (κ2) is 11.3. The zero-order chi connectivity index (χ0) is 22.4. The minimum Gasteiger partial charge on any atom is -0.465 e. The molecule has 2 aliphatic carbocycles. The molecule has 6 heteroatoms. The van der Waals surface area contributed by atoms with Crippen molar-refractivity contribution in [3.8, 4) is 0 Å². The van der Waals surface area contributed by atoms with Crippen LogP contribution in [-0.2, 0) is 9.53 Å². The number of aliphatic hydroxyl groups excluding tert-OH is 1. The number of carbonyl (C=O) groups excluding carboxylic acids is 2. The van der Waals surface area contributed by atoms with Crippen LogP contribution in [0.2, 0.25) is 0 Å². The molecule has 1 amide bonds. The maximum absolute atomic E-state index is 13.5. The molecule has 0 atom stereocenters. The molecule has 1 fully saturated rings. The van der Waals surface area contributed by atoms with E-state index in [1.807, 2.05) is 11.0 Å². The first-order valence-corrected chi connectivity index (χ1v) is 12.6. The van der Waals surface area contributed by atoms with Gasteiger partial charge in [0.05, 0.1) is 18.9 Å². The Balaban J connectivity index is 1.95. The minimum absolute atomic E-state index is 0.0149. The predicted octanol–water partition coefficient (Wildman–Crippen LogP) is 5.95. The van der Waals surface area contributed by atoms with Gasteiger partial charge in [-0.1, -0.05) is 26.3 Å². The second-order valence-corrected chi connectivity index (χ2v) is 10.4. The molecule has 0 radical (unpaired) electrons. The van der Waals surface area contributed by atoms with Crippen LogP contribution < -0.4 is 4.90 Å². The largest absolute Gasteiger partial charge is 0.465 e. The van der Waals surface area contributed by atoms with Gasteiger partial charge in [0.2, 0.25) is 5.91 Å². The Hall–Kier alpha value is -1.66. The summed E-state index contributed by atoms with van der Waals surface area (Å²) in [4.78, 5) is 29.6. The van der Waals surface area contributed by atoms with Gasteiger partial charge in [-0.05, 0) is 75.3 Å². The summed E-state index contributed by atoms with van der Waals surface area (Å²) in [7, 11) is 1.40. The van der Waals surface area contributed by atoms with E-state index in [4.69, 9.17) is 4.74 Å². The highest BCUT2D eigenvalue weighted by atomic mass is 32.1. The van der Waals surface area contributed by atoms with Crippen LogP contribution in [0.5, 0.6) is 0 Å². The maximum Gasteiger partial charge on any atom is 0.350 e. The first kappa shape index (κ1) is 24.0. The highest BCUT2D eigenvalue weighted by Gasteiger charge is 2.33. The molecule has 1 heterocycles. The third kappa shape index (κ3) is 6.19. The molecule has 0 unspecified atom stereocenters. The molecule has 1 saturated carbocycles. The van der Waals surface area contributed by atoms with Crippen molar-refractivity contribution in [1.29, 1.82) is 0 Å². The number of hydrogen-bond donors (Lipinski definition) is 1. The summed E-state index contributed by atoms with van der Waals surface area (Å²) in [5.74, 6) is 0.260. The molecule has 172 valence electrons. The SMILES string of the molecule is COC(=O)c1sc(C2=CCCCC2)cc1N(C(=O)CCCC(C)C)C1CCC(O)CC1. The first-order valence-electron chi connectivity index (χ1n) is 11.8. The van der Waals surface area contributed by atoms with Crippen molar-refractivity contribution in [1.82, 2.24) is 0 Å². The van der Waals surface area contributed by atoms with Crippen LogP contribution in [0.25, 0.3) is 5.57 Å². The lowest BCUT2D eigenvalue weighted by Gasteiger charge is -2.36. The molecule has 2 aliphatic rings. The number of ether oxygens (including phenoxy) is 1. The molecule has 5 nitrogen and oxygen atoms in total. The number of amides is 1. The quantitative estimate of drug-likeness (QED) is 0.500. The van der Waals surface area contributed by atoms with Crippen LogP contribution >= 0.6 is 11.3 Å². The lowest BCUT2D eigenvalue weighted by atomic mass is 9.91. The smallest absolute Gasteiger partial charge is 0.350 e. The average Bonchev–Trinajstić information content (AvgIpc) is 3.20. The number of methoxy groups -OCH3 is 1. The molecule has 0 saturated heterocycles. The Kier molecular flexibility index (Phi) is 8.73. The van der Waals surface area contributed by atoms with E-state index >= 15 is 0 Å². The van der Waals surface area contributed by atoms with Crippen LogP contribution in [0.4, 0.5) is 5.69 Å². The van der Waals surface area contributed by atoms with Crippen LogP contribution in [0, 0.1) is 5.92 Å². The van der Waals surface area contributed by atoms with E-state index in [1.54, 1.807) is 0 Å². The third-order valence-corrected chi connectivity index (χ3v) is 7.60. The van der Waals surface area contributed by atoms with Crippen molar-refractivity contribution >= 4 is 34.5 Å². The zero-order valence-electron chi connectivity index (χ0n) is 19.2. The molecule has 0 bridgehead atoms. The van der Waals surface area contributed by atoms with Gasteiger partial charge in [0.1, 0.15) is 4.88 Å². The van der Waals surface area contributed by atoms with Gasteiger partial charge in [-0.2, -0.15) is 0 Å². The Bertz CT molecular complexity index is 789. The molecule has 1 N–H and O–H groups in total. The fraction of sp³-hybridized carbons (Fsp3) is 0.680. The summed E-state index contributed by atoms with van der Waals surface area (Å²) in [6, 6.07) is 2.06. The molecule has 3 rings (SSSR count). The Morgan fingerprint density at radius 3 is 2.58 bits per heavy atom. The predicted molar refractivity (Wildman–Crippen MR) is 127 cm³/mol. The molecular formula is C25H37NO4S. The first-order chi connectivity index (χ1) is 14.9. The number of hydrogen-bond acceptors (Lipinski definition) is 5. The van der Waals surface area contributed by atoms with E-state index in [0.717, 1.165) is 49.8 Å². The van der Waals surface area contributed by atoms with E-state index < -0.39 is 0 Å². The van der Waals surface area contributed by atoms with E-state index in [2.05, 4.69) is 19.9 Å². The Morgan fingerprint density at radius 2 is 1.97 bits per heavy atom. The van der Waals surface area contributed by atoms with Gasteiger partial charge < -0.3 is 14.7 Å². The highest BCUT2D eigenvalue weighted by Crippen LogP contribution is 2.40. The van der Waals surface area contributed by atoms with Crippen molar-refractivity contribution in [2.75, 3.05) is 12.0 Å². The van der Waals surface area contributed by atoms with Crippen LogP contribution in [0.1, 0.15) is 99.0 Å². The number of nitrogens with zero attached hydrogens (tertiary/aromatic N) is 1. The third-order valence-electron chi connectivity index (χ3n) is 6.42. The minimum atomic E-state index is -0.376. The van der Waals surface area contributed by atoms with Gasteiger partial charge in [0, 0.05) is 17.3 Å². The number of anilines is 1. The van der Waals surface area contributed by atoms with E-state index in [-0.39, 0.29) is 24.0 Å². The van der Waals surface area contributed by atoms with Gasteiger partial charge in [-0.3, -0.25) is 4.79 Å². The van der Waals surface area contributed by atoms with E-state index in [1.165, 1.54) is 30.4 Å². The van der Waals surface area contributed by atoms with Gasteiger partial charge >= 0.3 is 5.97 Å². The molecule has 0 aromatic carbocycles. The van der Waals surface area contributed by atoms with E-state index in [9.17, 15) is 14.7 Å². The van der Waals surface area contributed by atoms with Crippen LogP contribution in [0.3, 0.4) is 0 Å². The Morgan fingerprint density at radius 1 is 1.23 bits per heavy atom. The summed E-state index contributed by atoms with van der Waals surface area (Å²) in [6.45, 7) is 4.34. The van der Waals surface area contributed by atoms with Crippen molar-refractivity contribution in [2.45, 2.75) is 96.6 Å². The lowest BCUT2D eigenvalue weighted by Crippen LogP contribution is -2.43. The molecular weight excluding hydrogens is 410 g/mol. The standard InChI is InChI=1S/C25H37NO4S/c1-17(2)8-7-11-23(28)26(19-12-14-20(27)15-13-19)21-16-22(18-9-5-4-6-10-18)31-24(21)25(29)30-3/h9,16-17,19-20,27H,4-8,10-15H2,1-3H3. The summed E-state index contributed by atoms with van der Waals surface area (Å²) in [5, 5.41) is 9.99. The molecule has 0 aliphatic heterocycles. The van der Waals surface area contributed by atoms with Gasteiger partial charge in [-0.15, -0.1) is 11.3 Å². The molecule has 0 spiro atoms. The second-order valence-electron chi connectivity index (χ2n) is 9.30. The van der Waals surface area contributed by atoms with Crippen molar-refractivity contribution < 1.29 is 19.4 Å². The number of thiophene rings is 1. The summed E-state index contributed by atoms with van der Waals surface area (Å²) < 4.78 is 5.10. The normalized spacial score (nSPS) is 21.6. The summed E-state index contributed by atoms with van der Waals surface area (Å²) in [5.41, 5.74) is 1.98. The van der Waals surface area contributed by atoms with Crippen LogP contribution in [-0.4, -0.2) is 36.2 Å². The summed E-state index contributed by atoms with van der Waals surface area (Å²) in [6.07, 6.45) is 11.6. The fourth-order valence-electron chi connectivity index (χ4n) is 4.65. The topological polar surface area (TPSA) is 66.8 Å². The van der Waals surface area contributed by atoms with Crippen molar-refractivity contribution in [3.63, 3.8) is 0 Å². The molecule has 1 aromatic heterocycles. The maximum atomic E-state index is 13.5. The van der Waals surface area contributed by atoms with Crippen LogP contribution in [0.15, 0.2) is 12.1 Å². The number of esters is 1. The number of allylic oxidation sites excluding steroid dienone is 2. The van der Waals surface area contributed by atoms with Crippen molar-refractivity contribution in [2.24, 2.45) is 5.92 Å². The van der Waals surface area contributed by atoms with Gasteiger partial charge in [-0.25, -0.2) is 4.79 Å². The monoisotopic (exact) mass is 447 g/mol. The molecule has 31 heavy (non-hydrogen) atoms. The zero-order valence-corrected chi connectivity index (χ0v) is 20.0. The summed E-state index contributed by atoms with van der Waals surface area (Å²) >= 11 is 1.45. The number of aliphatic hydroxyl groups is 1. The lowest BCUT2D eigenvalue weighted by molar-refractivity contribution is -0.119. The number of carbonyl (C=O) groups is 2. The fourth-order valence-corrected chi connectivity index (χ4v) is 5.79. The molecule has 1 aromatic rings. The number of rotatable bonds is 8. The van der Waals surface area contributed by atoms with Gasteiger partial charge in [0.15, 0.2) is 0 Å². The van der Waals surface area contributed by atoms with Crippen molar-refractivity contribution in [3.05, 3.63) is 21.9 Å². The average molecular weight is 448 g/mol. The Labute approximate surface area is 190 Å². The highest BCUT2D eigenvalue weighted by molar-refractivity contribution is 7.15. The van der Waals surface area contributed by atoms with Gasteiger partial charge in [0.25, 0.3) is 0 Å². The van der Waals surface area contributed by atoms with E-state index in [0.29, 0.717) is 35.7 Å².